The minimum atomic E-state index is -4.61. The van der Waals surface area contributed by atoms with Crippen molar-refractivity contribution in [1.82, 2.24) is 0 Å². The van der Waals surface area contributed by atoms with Crippen LogP contribution < -0.4 is 10.1 Å². The molecular weight excluding hydrogens is 553 g/mol. The minimum Gasteiger partial charge on any atom is -0.505 e. The summed E-state index contributed by atoms with van der Waals surface area (Å²) < 4.78 is 38.3. The molecule has 4 aromatic rings. The lowest BCUT2D eigenvalue weighted by atomic mass is 10.0. The molecule has 12 heteroatoms. The average Bonchev–Trinajstić information content (AvgIpc) is 2.86. The number of halogens is 2. The van der Waals surface area contributed by atoms with E-state index in [-0.39, 0.29) is 32.7 Å². The van der Waals surface area contributed by atoms with E-state index >= 15 is 0 Å². The fourth-order valence-electron chi connectivity index (χ4n) is 3.71. The van der Waals surface area contributed by atoms with Crippen molar-refractivity contribution in [3.8, 4) is 11.5 Å². The highest BCUT2D eigenvalue weighted by Gasteiger charge is 2.21. The summed E-state index contributed by atoms with van der Waals surface area (Å²) in [5.41, 5.74) is 0.715. The van der Waals surface area contributed by atoms with Gasteiger partial charge in [0.15, 0.2) is 5.75 Å². The van der Waals surface area contributed by atoms with Gasteiger partial charge in [-0.15, -0.1) is 5.11 Å². The highest BCUT2D eigenvalue weighted by Crippen LogP contribution is 2.41. The quantitative estimate of drug-likeness (QED) is 0.155. The van der Waals surface area contributed by atoms with E-state index in [1.54, 1.807) is 56.3 Å². The first-order valence-corrected chi connectivity index (χ1v) is 13.4. The van der Waals surface area contributed by atoms with Crippen LogP contribution in [0.2, 0.25) is 10.0 Å². The molecule has 0 heterocycles. The van der Waals surface area contributed by atoms with Gasteiger partial charge in [0.25, 0.3) is 16.0 Å². The first kappa shape index (κ1) is 27.3. The van der Waals surface area contributed by atoms with Gasteiger partial charge in [0.2, 0.25) is 0 Å². The van der Waals surface area contributed by atoms with Crippen molar-refractivity contribution >= 4 is 67.1 Å². The number of phenolic OH excluding ortho intramolecular Hbond substituents is 1. The Balaban J connectivity index is 1.80. The summed E-state index contributed by atoms with van der Waals surface area (Å²) in [5, 5.41) is 23.1. The normalized spacial score (nSPS) is 11.7. The first-order valence-electron chi connectivity index (χ1n) is 11.2. The average molecular weight is 574 g/mol. The molecule has 0 aliphatic heterocycles. The molecule has 0 saturated carbocycles. The minimum absolute atomic E-state index is 0.0230. The molecule has 0 aliphatic rings. The number of carbonyl (C=O) groups is 1. The van der Waals surface area contributed by atoms with Gasteiger partial charge in [-0.1, -0.05) is 53.5 Å². The van der Waals surface area contributed by atoms with E-state index in [1.807, 2.05) is 0 Å². The lowest BCUT2D eigenvalue weighted by Gasteiger charge is -2.13. The van der Waals surface area contributed by atoms with Crippen LogP contribution in [0.25, 0.3) is 10.8 Å². The number of fused-ring (bicyclic) bond motifs is 1. The second-order valence-corrected chi connectivity index (χ2v) is 10.3. The van der Waals surface area contributed by atoms with E-state index in [4.69, 9.17) is 27.9 Å². The zero-order valence-corrected chi connectivity index (χ0v) is 22.4. The molecule has 3 N–H and O–H groups in total. The van der Waals surface area contributed by atoms with Crippen molar-refractivity contribution in [2.45, 2.75) is 18.7 Å². The fourth-order valence-corrected chi connectivity index (χ4v) is 5.01. The van der Waals surface area contributed by atoms with Gasteiger partial charge in [0, 0.05) is 5.39 Å². The first-order chi connectivity index (χ1) is 18.0. The number of aryl methyl sites for hydroxylation is 1. The summed E-state index contributed by atoms with van der Waals surface area (Å²) in [5.74, 6) is -0.716. The largest absolute Gasteiger partial charge is 0.505 e. The molecule has 9 nitrogen and oxygen atoms in total. The molecule has 196 valence electrons. The molecular formula is C26H21Cl2N3O6S. The van der Waals surface area contributed by atoms with Crippen LogP contribution in [0.5, 0.6) is 11.5 Å². The van der Waals surface area contributed by atoms with Crippen LogP contribution in [-0.2, 0) is 10.1 Å². The van der Waals surface area contributed by atoms with Gasteiger partial charge in [-0.2, -0.15) is 13.5 Å². The van der Waals surface area contributed by atoms with Crippen LogP contribution in [0, 0.1) is 6.92 Å². The Hall–Kier alpha value is -3.70. The van der Waals surface area contributed by atoms with Gasteiger partial charge in [-0.05, 0) is 55.1 Å². The number of amides is 1. The van der Waals surface area contributed by atoms with E-state index < -0.39 is 26.7 Å². The maximum atomic E-state index is 13.2. The number of rotatable bonds is 7. The summed E-state index contributed by atoms with van der Waals surface area (Å²) in [4.78, 5) is 12.7. The Morgan fingerprint density at radius 1 is 1.05 bits per heavy atom. The van der Waals surface area contributed by atoms with Crippen molar-refractivity contribution in [1.29, 1.82) is 0 Å². The second kappa shape index (κ2) is 11.0. The molecule has 0 spiro atoms. The van der Waals surface area contributed by atoms with E-state index in [0.29, 0.717) is 28.7 Å². The van der Waals surface area contributed by atoms with Crippen molar-refractivity contribution in [2.75, 3.05) is 11.9 Å². The third-order valence-electron chi connectivity index (χ3n) is 5.54. The molecule has 1 amide bonds. The van der Waals surface area contributed by atoms with E-state index in [0.717, 1.165) is 6.07 Å². The number of anilines is 1. The summed E-state index contributed by atoms with van der Waals surface area (Å²) in [6.07, 6.45) is 0. The molecule has 0 aromatic heterocycles. The zero-order valence-electron chi connectivity index (χ0n) is 20.1. The molecule has 4 rings (SSSR count). The molecule has 0 bridgehead atoms. The third kappa shape index (κ3) is 5.58. The number of ether oxygens (including phenoxy) is 1. The number of carbonyl (C=O) groups excluding carboxylic acids is 1. The smallest absolute Gasteiger partial charge is 0.296 e. The molecule has 0 atom stereocenters. The molecule has 0 aliphatic carbocycles. The number of azo groups is 1. The van der Waals surface area contributed by atoms with Crippen LogP contribution in [0.3, 0.4) is 0 Å². The Bertz CT molecular complexity index is 1710. The van der Waals surface area contributed by atoms with Gasteiger partial charge >= 0.3 is 0 Å². The van der Waals surface area contributed by atoms with Gasteiger partial charge in [0.1, 0.15) is 21.4 Å². The fraction of sp³-hybridized carbons (Fsp3) is 0.115. The zero-order chi connectivity index (χ0) is 27.6. The summed E-state index contributed by atoms with van der Waals surface area (Å²) in [6, 6.07) is 15.7. The number of benzene rings is 4. The molecule has 0 saturated heterocycles. The topological polar surface area (TPSA) is 138 Å². The van der Waals surface area contributed by atoms with Gasteiger partial charge in [-0.25, -0.2) is 0 Å². The number of aromatic hydroxyl groups is 1. The molecule has 4 aromatic carbocycles. The van der Waals surface area contributed by atoms with Crippen LogP contribution >= 0.6 is 23.2 Å². The lowest BCUT2D eigenvalue weighted by Crippen LogP contribution is -2.13. The highest BCUT2D eigenvalue weighted by atomic mass is 35.5. The van der Waals surface area contributed by atoms with Crippen LogP contribution in [0.15, 0.2) is 75.8 Å². The third-order valence-corrected chi connectivity index (χ3v) is 7.25. The SMILES string of the molecule is CCOc1cccc(NC(=O)c2cc3ccccc3c(N=Nc3cc(S(=O)(=O)O)c(Cl)cc3C)c2O)c1Cl. The van der Waals surface area contributed by atoms with Crippen LogP contribution in [0.1, 0.15) is 22.8 Å². The van der Waals surface area contributed by atoms with Crippen LogP contribution in [0.4, 0.5) is 17.1 Å². The van der Waals surface area contributed by atoms with Crippen molar-refractivity contribution in [2.24, 2.45) is 10.2 Å². The monoisotopic (exact) mass is 573 g/mol. The number of phenols is 1. The molecule has 38 heavy (non-hydrogen) atoms. The predicted molar refractivity (Wildman–Crippen MR) is 146 cm³/mol. The maximum Gasteiger partial charge on any atom is 0.296 e. The van der Waals surface area contributed by atoms with Gasteiger partial charge in [-0.3, -0.25) is 9.35 Å². The van der Waals surface area contributed by atoms with E-state index in [2.05, 4.69) is 15.5 Å². The van der Waals surface area contributed by atoms with Crippen molar-refractivity contribution in [3.63, 3.8) is 0 Å². The Morgan fingerprint density at radius 2 is 1.79 bits per heavy atom. The standard InChI is InChI=1S/C26H21Cl2N3O6S/c1-3-37-21-10-6-9-19(23(21)28)29-26(33)17-12-15-7-4-5-8-16(15)24(25(17)32)31-30-20-13-22(38(34,35)36)18(27)11-14(20)2/h4-13,32H,3H2,1-2H3,(H,29,33)(H,34,35,36). The number of hydrogen-bond donors (Lipinski definition) is 3. The summed E-state index contributed by atoms with van der Waals surface area (Å²) >= 11 is 12.3. The Kier molecular flexibility index (Phi) is 7.89. The molecule has 0 fully saturated rings. The summed E-state index contributed by atoms with van der Waals surface area (Å²) in [7, 11) is -4.61. The number of nitrogens with zero attached hydrogens (tertiary/aromatic N) is 2. The molecule has 0 radical (unpaired) electrons. The van der Waals surface area contributed by atoms with E-state index in [9.17, 15) is 22.9 Å². The van der Waals surface area contributed by atoms with Gasteiger partial charge in [0.05, 0.1) is 28.6 Å². The second-order valence-electron chi connectivity index (χ2n) is 8.09. The number of nitrogens with one attached hydrogen (secondary N) is 1. The summed E-state index contributed by atoms with van der Waals surface area (Å²) in [6.45, 7) is 3.81. The highest BCUT2D eigenvalue weighted by molar-refractivity contribution is 7.86. The predicted octanol–water partition coefficient (Wildman–Crippen LogP) is 7.47. The Morgan fingerprint density at radius 3 is 2.50 bits per heavy atom. The van der Waals surface area contributed by atoms with Gasteiger partial charge < -0.3 is 15.2 Å². The van der Waals surface area contributed by atoms with Crippen molar-refractivity contribution in [3.05, 3.63) is 81.8 Å². The lowest BCUT2D eigenvalue weighted by molar-refractivity contribution is 0.102. The van der Waals surface area contributed by atoms with Crippen LogP contribution in [-0.4, -0.2) is 30.6 Å². The maximum absolute atomic E-state index is 13.2. The van der Waals surface area contributed by atoms with Crippen molar-refractivity contribution < 1.29 is 27.6 Å². The molecule has 0 unspecified atom stereocenters. The Labute approximate surface area is 228 Å². The number of hydrogen-bond acceptors (Lipinski definition) is 7. The van der Waals surface area contributed by atoms with E-state index in [1.165, 1.54) is 12.1 Å².